The second kappa shape index (κ2) is 7.46. The summed E-state index contributed by atoms with van der Waals surface area (Å²) in [7, 11) is 1.43. The lowest BCUT2D eigenvalue weighted by molar-refractivity contribution is -0.139. The minimum absolute atomic E-state index is 0.0395. The fourth-order valence-corrected chi connectivity index (χ4v) is 2.47. The average Bonchev–Trinajstić information content (AvgIpc) is 2.96. The van der Waals surface area contributed by atoms with Crippen LogP contribution in [0.4, 0.5) is 0 Å². The standard InChI is InChI=1S/C16H17ClN2O5/c1-16(9-23-2,8-14(20)21)18-15(22)12-7-13(24-19-12)10-4-3-5-11(17)6-10/h3-7H,8-9H2,1-2H3,(H,18,22)(H,20,21). The van der Waals surface area contributed by atoms with Crippen LogP contribution in [0.5, 0.6) is 0 Å². The summed E-state index contributed by atoms with van der Waals surface area (Å²) in [6.45, 7) is 1.63. The molecular formula is C16H17ClN2O5. The number of nitrogens with one attached hydrogen (secondary N) is 1. The van der Waals surface area contributed by atoms with Crippen molar-refractivity contribution >= 4 is 23.5 Å². The van der Waals surface area contributed by atoms with Crippen molar-refractivity contribution < 1.29 is 24.0 Å². The Bertz CT molecular complexity index is 746. The number of carboxylic acid groups (broad SMARTS) is 1. The number of aromatic nitrogens is 1. The minimum Gasteiger partial charge on any atom is -0.481 e. The SMILES string of the molecule is COCC(C)(CC(=O)O)NC(=O)c1cc(-c2cccc(Cl)c2)on1. The van der Waals surface area contributed by atoms with Gasteiger partial charge in [0.2, 0.25) is 0 Å². The number of methoxy groups -OCH3 is 1. The molecule has 0 radical (unpaired) electrons. The molecule has 0 aliphatic heterocycles. The lowest BCUT2D eigenvalue weighted by Crippen LogP contribution is -2.50. The molecule has 128 valence electrons. The largest absolute Gasteiger partial charge is 0.481 e. The Kier molecular flexibility index (Phi) is 5.58. The number of aliphatic carboxylic acids is 1. The number of rotatable bonds is 7. The Morgan fingerprint density at radius 1 is 1.42 bits per heavy atom. The van der Waals surface area contributed by atoms with Gasteiger partial charge in [0.15, 0.2) is 11.5 Å². The van der Waals surface area contributed by atoms with Crippen LogP contribution in [-0.4, -0.2) is 41.4 Å². The van der Waals surface area contributed by atoms with Crippen LogP contribution in [0.15, 0.2) is 34.9 Å². The number of amides is 1. The van der Waals surface area contributed by atoms with Gasteiger partial charge in [0.05, 0.1) is 18.6 Å². The third kappa shape index (κ3) is 4.56. The van der Waals surface area contributed by atoms with E-state index in [-0.39, 0.29) is 18.7 Å². The molecule has 0 bridgehead atoms. The summed E-state index contributed by atoms with van der Waals surface area (Å²) in [4.78, 5) is 23.3. The summed E-state index contributed by atoms with van der Waals surface area (Å²) in [5.41, 5.74) is -0.343. The molecule has 0 aliphatic rings. The van der Waals surface area contributed by atoms with E-state index in [9.17, 15) is 9.59 Å². The monoisotopic (exact) mass is 352 g/mol. The van der Waals surface area contributed by atoms with Gasteiger partial charge in [0.1, 0.15) is 0 Å². The Labute approximate surface area is 143 Å². The molecule has 2 rings (SSSR count). The highest BCUT2D eigenvalue weighted by Crippen LogP contribution is 2.23. The lowest BCUT2D eigenvalue weighted by Gasteiger charge is -2.27. The van der Waals surface area contributed by atoms with Crippen molar-refractivity contribution in [3.05, 3.63) is 41.0 Å². The summed E-state index contributed by atoms with van der Waals surface area (Å²) >= 11 is 5.92. The summed E-state index contributed by atoms with van der Waals surface area (Å²) in [5.74, 6) is -1.21. The minimum atomic E-state index is -1.06. The third-order valence-electron chi connectivity index (χ3n) is 3.27. The van der Waals surface area contributed by atoms with Gasteiger partial charge in [-0.15, -0.1) is 0 Å². The number of halogens is 1. The number of hydrogen-bond acceptors (Lipinski definition) is 5. The van der Waals surface area contributed by atoms with E-state index in [1.54, 1.807) is 31.2 Å². The molecule has 0 saturated heterocycles. The molecule has 24 heavy (non-hydrogen) atoms. The molecule has 1 heterocycles. The number of ether oxygens (including phenoxy) is 1. The Morgan fingerprint density at radius 3 is 2.79 bits per heavy atom. The molecule has 7 nitrogen and oxygen atoms in total. The van der Waals surface area contributed by atoms with Crippen molar-refractivity contribution in [2.45, 2.75) is 18.9 Å². The second-order valence-corrected chi connectivity index (χ2v) is 6.04. The van der Waals surface area contributed by atoms with Crippen LogP contribution >= 0.6 is 11.6 Å². The lowest BCUT2D eigenvalue weighted by atomic mass is 9.98. The summed E-state index contributed by atoms with van der Waals surface area (Å²) in [6, 6.07) is 8.39. The van der Waals surface area contributed by atoms with Crippen LogP contribution in [0, 0.1) is 0 Å². The molecule has 0 saturated carbocycles. The first-order chi connectivity index (χ1) is 11.3. The fraction of sp³-hybridized carbons (Fsp3) is 0.312. The second-order valence-electron chi connectivity index (χ2n) is 5.61. The van der Waals surface area contributed by atoms with Crippen LogP contribution in [0.25, 0.3) is 11.3 Å². The fourth-order valence-electron chi connectivity index (χ4n) is 2.28. The molecular weight excluding hydrogens is 336 g/mol. The predicted molar refractivity (Wildman–Crippen MR) is 86.9 cm³/mol. The van der Waals surface area contributed by atoms with Crippen molar-refractivity contribution in [1.29, 1.82) is 0 Å². The highest BCUT2D eigenvalue weighted by atomic mass is 35.5. The van der Waals surface area contributed by atoms with Crippen LogP contribution in [0.2, 0.25) is 5.02 Å². The van der Waals surface area contributed by atoms with E-state index in [2.05, 4.69) is 10.5 Å². The van der Waals surface area contributed by atoms with E-state index in [0.717, 1.165) is 0 Å². The molecule has 1 aromatic carbocycles. The van der Waals surface area contributed by atoms with Gasteiger partial charge in [-0.1, -0.05) is 28.9 Å². The van der Waals surface area contributed by atoms with Crippen LogP contribution in [0.1, 0.15) is 23.8 Å². The van der Waals surface area contributed by atoms with E-state index in [4.69, 9.17) is 26.0 Å². The van der Waals surface area contributed by atoms with Gasteiger partial charge >= 0.3 is 5.97 Å². The Hall–Kier alpha value is -2.38. The summed E-state index contributed by atoms with van der Waals surface area (Å²) in [5, 5.41) is 15.9. The molecule has 1 aromatic heterocycles. The number of carbonyl (C=O) groups is 2. The summed E-state index contributed by atoms with van der Waals surface area (Å²) in [6.07, 6.45) is -0.286. The molecule has 2 N–H and O–H groups in total. The highest BCUT2D eigenvalue weighted by Gasteiger charge is 2.31. The zero-order chi connectivity index (χ0) is 17.7. The van der Waals surface area contributed by atoms with Crippen LogP contribution in [-0.2, 0) is 9.53 Å². The maximum Gasteiger partial charge on any atom is 0.305 e. The van der Waals surface area contributed by atoms with E-state index < -0.39 is 17.4 Å². The molecule has 0 spiro atoms. The molecule has 0 aliphatic carbocycles. The first kappa shape index (κ1) is 18.0. The number of nitrogens with zero attached hydrogens (tertiary/aromatic N) is 1. The van der Waals surface area contributed by atoms with E-state index >= 15 is 0 Å². The van der Waals surface area contributed by atoms with Crippen molar-refractivity contribution in [2.24, 2.45) is 0 Å². The molecule has 2 aromatic rings. The maximum atomic E-state index is 12.3. The molecule has 1 atom stereocenters. The van der Waals surface area contributed by atoms with Crippen molar-refractivity contribution in [1.82, 2.24) is 10.5 Å². The van der Waals surface area contributed by atoms with Gasteiger partial charge in [-0.3, -0.25) is 9.59 Å². The first-order valence-corrected chi connectivity index (χ1v) is 7.47. The topological polar surface area (TPSA) is 102 Å². The normalized spacial score (nSPS) is 13.3. The quantitative estimate of drug-likeness (QED) is 0.794. The number of benzene rings is 1. The number of hydrogen-bond donors (Lipinski definition) is 2. The predicted octanol–water partition coefficient (Wildman–Crippen LogP) is 2.60. The average molecular weight is 353 g/mol. The van der Waals surface area contributed by atoms with Crippen molar-refractivity contribution in [3.8, 4) is 11.3 Å². The van der Waals surface area contributed by atoms with Gasteiger partial charge in [0, 0.05) is 23.8 Å². The maximum absolute atomic E-state index is 12.3. The Balaban J connectivity index is 2.16. The van der Waals surface area contributed by atoms with Gasteiger partial charge < -0.3 is 19.7 Å². The van der Waals surface area contributed by atoms with E-state index in [1.807, 2.05) is 0 Å². The zero-order valence-corrected chi connectivity index (χ0v) is 14.0. The number of carbonyl (C=O) groups excluding carboxylic acids is 1. The summed E-state index contributed by atoms with van der Waals surface area (Å²) < 4.78 is 10.2. The van der Waals surface area contributed by atoms with Crippen LogP contribution in [0.3, 0.4) is 0 Å². The Morgan fingerprint density at radius 2 is 2.17 bits per heavy atom. The van der Waals surface area contributed by atoms with Crippen molar-refractivity contribution in [2.75, 3.05) is 13.7 Å². The van der Waals surface area contributed by atoms with Gasteiger partial charge in [-0.25, -0.2) is 0 Å². The van der Waals surface area contributed by atoms with E-state index in [1.165, 1.54) is 13.2 Å². The van der Waals surface area contributed by atoms with Gasteiger partial charge in [-0.05, 0) is 19.1 Å². The third-order valence-corrected chi connectivity index (χ3v) is 3.51. The van der Waals surface area contributed by atoms with Crippen molar-refractivity contribution in [3.63, 3.8) is 0 Å². The van der Waals surface area contributed by atoms with Crippen LogP contribution < -0.4 is 5.32 Å². The smallest absolute Gasteiger partial charge is 0.305 e. The number of carboxylic acids is 1. The zero-order valence-electron chi connectivity index (χ0n) is 13.2. The molecule has 1 unspecified atom stereocenters. The van der Waals surface area contributed by atoms with Gasteiger partial charge in [0.25, 0.3) is 5.91 Å². The molecule has 1 amide bonds. The van der Waals surface area contributed by atoms with Gasteiger partial charge in [-0.2, -0.15) is 0 Å². The first-order valence-electron chi connectivity index (χ1n) is 7.09. The molecule has 0 fully saturated rings. The molecule has 8 heteroatoms. The highest BCUT2D eigenvalue weighted by molar-refractivity contribution is 6.30. The van der Waals surface area contributed by atoms with E-state index in [0.29, 0.717) is 16.3 Å².